The third-order valence-corrected chi connectivity index (χ3v) is 3.97. The zero-order chi connectivity index (χ0) is 15.9. The Morgan fingerprint density at radius 1 is 1.35 bits per heavy atom. The van der Waals surface area contributed by atoms with Crippen molar-refractivity contribution >= 4 is 19.5 Å². The highest BCUT2D eigenvalue weighted by Gasteiger charge is 2.43. The summed E-state index contributed by atoms with van der Waals surface area (Å²) in [5, 5.41) is 35.2. The van der Waals surface area contributed by atoms with Crippen molar-refractivity contribution in [2.75, 3.05) is 26.3 Å². The first-order chi connectivity index (χ1) is 9.15. The van der Waals surface area contributed by atoms with Crippen LogP contribution in [0.4, 0.5) is 0 Å². The molecule has 0 aromatic carbocycles. The summed E-state index contributed by atoms with van der Waals surface area (Å²) in [5.74, 6) is -5.17. The molecule has 0 rings (SSSR count). The Morgan fingerprint density at radius 3 is 2.25 bits per heavy atom. The Balaban J connectivity index is 5.08. The molecule has 0 amide bonds. The van der Waals surface area contributed by atoms with Crippen LogP contribution in [-0.4, -0.2) is 80.3 Å². The van der Waals surface area contributed by atoms with Crippen LogP contribution in [0.3, 0.4) is 0 Å². The number of carboxylic acid groups (broad SMARTS) is 2. The van der Waals surface area contributed by atoms with Gasteiger partial charge in [0.05, 0.1) is 19.8 Å². The van der Waals surface area contributed by atoms with Gasteiger partial charge in [-0.15, -0.1) is 0 Å². The number of carbonyl (C=O) groups is 2. The number of nitrogens with zero attached hydrogens (tertiary/aromatic N) is 1. The molecule has 0 spiro atoms. The number of aliphatic carboxylic acids is 2. The average Bonchev–Trinajstić information content (AvgIpc) is 2.33. The smallest absolute Gasteiger partial charge is 0.356 e. The molecule has 20 heavy (non-hydrogen) atoms. The Bertz CT molecular complexity index is 388. The van der Waals surface area contributed by atoms with Crippen LogP contribution >= 0.6 is 7.60 Å². The van der Waals surface area contributed by atoms with Crippen LogP contribution in [0.25, 0.3) is 0 Å². The summed E-state index contributed by atoms with van der Waals surface area (Å²) in [6, 6.07) is 0. The normalized spacial score (nSPS) is 17.4. The number of aliphatic hydroxyl groups excluding tert-OH is 2. The number of carboxylic acids is 2. The molecular formula is C9H18NO9P. The van der Waals surface area contributed by atoms with Gasteiger partial charge in [-0.3, -0.25) is 14.3 Å². The first-order valence-electron chi connectivity index (χ1n) is 5.60. The van der Waals surface area contributed by atoms with E-state index in [1.165, 1.54) is 6.92 Å². The van der Waals surface area contributed by atoms with Gasteiger partial charge < -0.3 is 29.8 Å². The summed E-state index contributed by atoms with van der Waals surface area (Å²) in [7, 11) is -4.76. The lowest BCUT2D eigenvalue weighted by Gasteiger charge is -2.28. The number of hydrogen-bond donors (Lipinski definition) is 5. The molecule has 0 saturated heterocycles. The third kappa shape index (κ3) is 5.95. The highest BCUT2D eigenvalue weighted by molar-refractivity contribution is 7.54. The van der Waals surface area contributed by atoms with Crippen molar-refractivity contribution in [3.63, 3.8) is 0 Å². The molecule has 0 aromatic rings. The Morgan fingerprint density at radius 2 is 1.90 bits per heavy atom. The highest BCUT2D eigenvalue weighted by Crippen LogP contribution is 2.49. The van der Waals surface area contributed by atoms with Crippen molar-refractivity contribution in [2.45, 2.75) is 18.8 Å². The molecule has 0 aliphatic carbocycles. The molecule has 0 heterocycles. The second-order valence-electron chi connectivity index (χ2n) is 3.87. The lowest BCUT2D eigenvalue weighted by molar-refractivity contribution is -0.143. The Labute approximate surface area is 114 Å². The molecule has 0 aromatic heterocycles. The summed E-state index contributed by atoms with van der Waals surface area (Å²) in [5.41, 5.74) is 0. The van der Waals surface area contributed by atoms with Crippen LogP contribution in [-0.2, 0) is 18.7 Å². The maximum Gasteiger partial charge on any atom is 0.356 e. The zero-order valence-corrected chi connectivity index (χ0v) is 11.6. The monoisotopic (exact) mass is 315 g/mol. The zero-order valence-electron chi connectivity index (χ0n) is 10.7. The van der Waals surface area contributed by atoms with E-state index in [4.69, 9.17) is 20.4 Å². The lowest BCUT2D eigenvalue weighted by atomic mass is 10.4. The summed E-state index contributed by atoms with van der Waals surface area (Å²) >= 11 is 0. The minimum Gasteiger partial charge on any atom is -0.480 e. The van der Waals surface area contributed by atoms with Gasteiger partial charge in [-0.05, 0) is 6.54 Å². The second kappa shape index (κ2) is 8.30. The van der Waals surface area contributed by atoms with E-state index in [0.29, 0.717) is 0 Å². The maximum atomic E-state index is 11.9. The molecule has 10 nitrogen and oxygen atoms in total. The highest BCUT2D eigenvalue weighted by atomic mass is 31.2. The van der Waals surface area contributed by atoms with Crippen molar-refractivity contribution in [3.05, 3.63) is 0 Å². The number of rotatable bonds is 10. The van der Waals surface area contributed by atoms with E-state index >= 15 is 0 Å². The van der Waals surface area contributed by atoms with Gasteiger partial charge in [-0.25, -0.2) is 4.79 Å². The molecule has 5 N–H and O–H groups in total. The number of aliphatic hydroxyl groups is 2. The summed E-state index contributed by atoms with van der Waals surface area (Å²) in [6.45, 7) is -0.936. The Kier molecular flexibility index (Phi) is 7.87. The molecule has 11 heteroatoms. The average molecular weight is 315 g/mol. The largest absolute Gasteiger partial charge is 0.480 e. The van der Waals surface area contributed by atoms with Crippen LogP contribution in [0.2, 0.25) is 0 Å². The molecule has 0 fully saturated rings. The molecule has 3 atom stereocenters. The van der Waals surface area contributed by atoms with E-state index in [9.17, 15) is 19.0 Å². The molecular weight excluding hydrogens is 297 g/mol. The Hall–Kier alpha value is -1.03. The van der Waals surface area contributed by atoms with Crippen molar-refractivity contribution in [2.24, 2.45) is 0 Å². The minimum absolute atomic E-state index is 0.111. The van der Waals surface area contributed by atoms with Gasteiger partial charge >= 0.3 is 19.5 Å². The van der Waals surface area contributed by atoms with Crippen LogP contribution in [0.15, 0.2) is 0 Å². The molecule has 0 aliphatic heterocycles. The van der Waals surface area contributed by atoms with Gasteiger partial charge in [0.1, 0.15) is 6.10 Å². The fourth-order valence-electron chi connectivity index (χ4n) is 1.36. The molecule has 0 radical (unpaired) electrons. The van der Waals surface area contributed by atoms with E-state index in [0.717, 1.165) is 4.90 Å². The van der Waals surface area contributed by atoms with Gasteiger partial charge in [0, 0.05) is 0 Å². The predicted octanol–water partition coefficient (Wildman–Crippen LogP) is -1.64. The topological polar surface area (TPSA) is 165 Å². The van der Waals surface area contributed by atoms with E-state index in [1.54, 1.807) is 0 Å². The minimum atomic E-state index is -4.76. The molecule has 0 aliphatic rings. The molecule has 0 saturated carbocycles. The van der Waals surface area contributed by atoms with Crippen LogP contribution in [0, 0.1) is 0 Å². The van der Waals surface area contributed by atoms with E-state index in [-0.39, 0.29) is 6.54 Å². The van der Waals surface area contributed by atoms with Gasteiger partial charge in [0.15, 0.2) is 0 Å². The number of hydrogen-bond acceptors (Lipinski definition) is 7. The standard InChI is InChI=1S/C9H18NO9P/c1-2-10(3-7(13)14)8(9(15)16)20(17,18)19-5-6(12)4-11/h6,8,11-12H,2-5H2,1H3,(H,13,14)(H,15,16)(H,17,18)/t6-,8?/m1/s1. The summed E-state index contributed by atoms with van der Waals surface area (Å²) in [6.07, 6.45) is -1.44. The summed E-state index contributed by atoms with van der Waals surface area (Å²) in [4.78, 5) is 32.1. The molecule has 118 valence electrons. The van der Waals surface area contributed by atoms with Crippen molar-refractivity contribution in [3.8, 4) is 0 Å². The second-order valence-corrected chi connectivity index (χ2v) is 5.74. The van der Waals surface area contributed by atoms with Crippen molar-refractivity contribution in [1.82, 2.24) is 4.90 Å². The van der Waals surface area contributed by atoms with E-state index in [2.05, 4.69) is 4.52 Å². The van der Waals surface area contributed by atoms with E-state index in [1.807, 2.05) is 0 Å². The van der Waals surface area contributed by atoms with Crippen LogP contribution < -0.4 is 0 Å². The maximum absolute atomic E-state index is 11.9. The fourth-order valence-corrected chi connectivity index (χ4v) is 2.83. The number of likely N-dealkylation sites (N-methyl/N-ethyl adjacent to an activating group) is 1. The van der Waals surface area contributed by atoms with Gasteiger partial charge in [-0.2, -0.15) is 0 Å². The van der Waals surface area contributed by atoms with Crippen molar-refractivity contribution < 1.29 is 44.0 Å². The SMILES string of the molecule is CCN(CC(=O)O)C(C(=O)O)P(=O)(O)OC[C@H](O)CO. The first kappa shape index (κ1) is 19.0. The van der Waals surface area contributed by atoms with E-state index < -0.39 is 51.2 Å². The molecule has 0 bridgehead atoms. The van der Waals surface area contributed by atoms with Gasteiger partial charge in [0.25, 0.3) is 0 Å². The predicted molar refractivity (Wildman–Crippen MR) is 65.2 cm³/mol. The summed E-state index contributed by atoms with van der Waals surface area (Å²) < 4.78 is 16.3. The lowest BCUT2D eigenvalue weighted by Crippen LogP contribution is -2.44. The third-order valence-electron chi connectivity index (χ3n) is 2.28. The van der Waals surface area contributed by atoms with Crippen LogP contribution in [0.1, 0.15) is 6.92 Å². The van der Waals surface area contributed by atoms with Gasteiger partial charge in [-0.1, -0.05) is 6.92 Å². The fraction of sp³-hybridized carbons (Fsp3) is 0.778. The van der Waals surface area contributed by atoms with Crippen molar-refractivity contribution in [1.29, 1.82) is 0 Å². The first-order valence-corrected chi connectivity index (χ1v) is 7.25. The van der Waals surface area contributed by atoms with Crippen LogP contribution in [0.5, 0.6) is 0 Å². The molecule has 2 unspecified atom stereocenters. The quantitative estimate of drug-likeness (QED) is 0.295. The van der Waals surface area contributed by atoms with Gasteiger partial charge in [0.2, 0.25) is 5.78 Å².